The number of aliphatic imine (C=N–C) groups is 1. The number of likely N-dealkylation sites (tertiary alicyclic amines) is 1. The molecule has 0 aromatic rings. The van der Waals surface area contributed by atoms with Crippen molar-refractivity contribution in [3.05, 3.63) is 0 Å². The maximum Gasteiger partial charge on any atom is 0.191 e. The van der Waals surface area contributed by atoms with E-state index in [0.29, 0.717) is 10.8 Å². The number of thioether (sulfide) groups is 1. The van der Waals surface area contributed by atoms with Gasteiger partial charge in [-0.15, -0.1) is 0 Å². The quantitative estimate of drug-likeness (QED) is 0.616. The fourth-order valence-electron chi connectivity index (χ4n) is 2.44. The standard InChI is InChI=1S/C13H26N4S/c1-16-8-6-13(18-3,7-9-16)10-15-12(14)17(2)11-4-5-11/h11H,4-10H2,1-3H3,(H2,14,15). The summed E-state index contributed by atoms with van der Waals surface area (Å²) in [5.74, 6) is 0.727. The van der Waals surface area contributed by atoms with Gasteiger partial charge in [-0.3, -0.25) is 4.99 Å². The highest BCUT2D eigenvalue weighted by Gasteiger charge is 2.33. The van der Waals surface area contributed by atoms with Crippen molar-refractivity contribution in [1.29, 1.82) is 0 Å². The summed E-state index contributed by atoms with van der Waals surface area (Å²) in [6.45, 7) is 3.22. The number of hydrogen-bond acceptors (Lipinski definition) is 3. The lowest BCUT2D eigenvalue weighted by atomic mass is 9.96. The molecule has 104 valence electrons. The van der Waals surface area contributed by atoms with Crippen LogP contribution in [0.2, 0.25) is 0 Å². The summed E-state index contributed by atoms with van der Waals surface area (Å²) in [5.41, 5.74) is 6.07. The second-order valence-corrected chi connectivity index (χ2v) is 6.98. The van der Waals surface area contributed by atoms with Gasteiger partial charge >= 0.3 is 0 Å². The van der Waals surface area contributed by atoms with E-state index in [1.165, 1.54) is 38.8 Å². The molecule has 0 aromatic heterocycles. The van der Waals surface area contributed by atoms with Gasteiger partial charge in [0.05, 0.1) is 6.54 Å². The Bertz CT molecular complexity index is 306. The van der Waals surface area contributed by atoms with E-state index in [0.717, 1.165) is 12.5 Å². The molecule has 0 radical (unpaired) electrons. The Kier molecular flexibility index (Phi) is 4.43. The van der Waals surface area contributed by atoms with Crippen LogP contribution in [0.5, 0.6) is 0 Å². The first-order valence-corrected chi connectivity index (χ1v) is 8.05. The summed E-state index contributed by atoms with van der Waals surface area (Å²) < 4.78 is 0.307. The lowest BCUT2D eigenvalue weighted by molar-refractivity contribution is 0.242. The minimum Gasteiger partial charge on any atom is -0.370 e. The van der Waals surface area contributed by atoms with Gasteiger partial charge in [0.1, 0.15) is 0 Å². The van der Waals surface area contributed by atoms with Crippen LogP contribution in [0.3, 0.4) is 0 Å². The largest absolute Gasteiger partial charge is 0.370 e. The summed E-state index contributed by atoms with van der Waals surface area (Å²) in [4.78, 5) is 9.20. The third-order valence-electron chi connectivity index (χ3n) is 4.32. The summed E-state index contributed by atoms with van der Waals surface area (Å²) in [5, 5.41) is 0. The topological polar surface area (TPSA) is 44.9 Å². The van der Waals surface area contributed by atoms with Crippen molar-refractivity contribution in [3.63, 3.8) is 0 Å². The van der Waals surface area contributed by atoms with Gasteiger partial charge in [-0.1, -0.05) is 0 Å². The normalized spacial score (nSPS) is 25.2. The van der Waals surface area contributed by atoms with E-state index < -0.39 is 0 Å². The van der Waals surface area contributed by atoms with Crippen molar-refractivity contribution in [2.45, 2.75) is 36.5 Å². The Labute approximate surface area is 115 Å². The predicted molar refractivity (Wildman–Crippen MR) is 80.3 cm³/mol. The van der Waals surface area contributed by atoms with Crippen molar-refractivity contribution < 1.29 is 0 Å². The van der Waals surface area contributed by atoms with Gasteiger partial charge in [0.15, 0.2) is 5.96 Å². The number of guanidine groups is 1. The molecule has 0 amide bonds. The molecule has 1 heterocycles. The maximum absolute atomic E-state index is 6.07. The van der Waals surface area contributed by atoms with Gasteiger partial charge in [-0.05, 0) is 52.1 Å². The number of nitrogens with zero attached hydrogens (tertiary/aromatic N) is 3. The molecule has 2 rings (SSSR count). The molecule has 0 aromatic carbocycles. The SMILES string of the molecule is CSC1(CN=C(N)N(C)C2CC2)CCN(C)CC1. The molecule has 1 saturated heterocycles. The highest BCUT2D eigenvalue weighted by Crippen LogP contribution is 2.34. The molecule has 0 spiro atoms. The number of rotatable bonds is 4. The summed E-state index contributed by atoms with van der Waals surface area (Å²) in [7, 11) is 4.26. The number of piperidine rings is 1. The molecule has 2 N–H and O–H groups in total. The molecule has 4 nitrogen and oxygen atoms in total. The van der Waals surface area contributed by atoms with Crippen LogP contribution in [0.15, 0.2) is 4.99 Å². The Balaban J connectivity index is 1.91. The molecule has 2 fully saturated rings. The van der Waals surface area contributed by atoms with Crippen LogP contribution in [0, 0.1) is 0 Å². The van der Waals surface area contributed by atoms with Crippen molar-refractivity contribution in [2.75, 3.05) is 40.0 Å². The van der Waals surface area contributed by atoms with E-state index in [1.807, 2.05) is 11.8 Å². The summed E-state index contributed by atoms with van der Waals surface area (Å²) in [6.07, 6.45) is 7.18. The monoisotopic (exact) mass is 270 g/mol. The third-order valence-corrected chi connectivity index (χ3v) is 5.72. The molecule has 0 unspecified atom stereocenters. The Morgan fingerprint density at radius 1 is 1.44 bits per heavy atom. The fourth-order valence-corrected chi connectivity index (χ4v) is 3.22. The average molecular weight is 270 g/mol. The van der Waals surface area contributed by atoms with Gasteiger partial charge in [0.2, 0.25) is 0 Å². The highest BCUT2D eigenvalue weighted by molar-refractivity contribution is 8.00. The first-order valence-electron chi connectivity index (χ1n) is 6.83. The second-order valence-electron chi connectivity index (χ2n) is 5.71. The van der Waals surface area contributed by atoms with E-state index in [-0.39, 0.29) is 0 Å². The Hall–Kier alpha value is -0.420. The van der Waals surface area contributed by atoms with Crippen LogP contribution in [-0.2, 0) is 0 Å². The Morgan fingerprint density at radius 2 is 2.06 bits per heavy atom. The smallest absolute Gasteiger partial charge is 0.191 e. The van der Waals surface area contributed by atoms with Crippen molar-refractivity contribution in [2.24, 2.45) is 10.7 Å². The molecule has 0 atom stereocenters. The van der Waals surface area contributed by atoms with Crippen molar-refractivity contribution in [3.8, 4) is 0 Å². The summed E-state index contributed by atoms with van der Waals surface area (Å²) in [6, 6.07) is 0.650. The van der Waals surface area contributed by atoms with E-state index in [9.17, 15) is 0 Å². The molecule has 18 heavy (non-hydrogen) atoms. The Morgan fingerprint density at radius 3 is 2.56 bits per heavy atom. The van der Waals surface area contributed by atoms with Crippen molar-refractivity contribution >= 4 is 17.7 Å². The van der Waals surface area contributed by atoms with Gasteiger partial charge in [-0.25, -0.2) is 0 Å². The van der Waals surface area contributed by atoms with Gasteiger partial charge < -0.3 is 15.5 Å². The van der Waals surface area contributed by atoms with Gasteiger partial charge in [0.25, 0.3) is 0 Å². The highest BCUT2D eigenvalue weighted by atomic mass is 32.2. The van der Waals surface area contributed by atoms with Gasteiger partial charge in [-0.2, -0.15) is 11.8 Å². The van der Waals surface area contributed by atoms with Crippen LogP contribution < -0.4 is 5.73 Å². The average Bonchev–Trinajstić information content (AvgIpc) is 3.22. The van der Waals surface area contributed by atoms with E-state index in [1.54, 1.807) is 0 Å². The van der Waals surface area contributed by atoms with Gasteiger partial charge in [0, 0.05) is 17.8 Å². The van der Waals surface area contributed by atoms with Crippen LogP contribution >= 0.6 is 11.8 Å². The van der Waals surface area contributed by atoms with E-state index in [4.69, 9.17) is 5.73 Å². The summed E-state index contributed by atoms with van der Waals surface area (Å²) >= 11 is 1.97. The molecule has 1 saturated carbocycles. The van der Waals surface area contributed by atoms with Crippen LogP contribution in [0.1, 0.15) is 25.7 Å². The number of hydrogen-bond donors (Lipinski definition) is 1. The first-order chi connectivity index (χ1) is 8.56. The van der Waals surface area contributed by atoms with Crippen LogP contribution in [-0.4, -0.2) is 66.5 Å². The van der Waals surface area contributed by atoms with Crippen molar-refractivity contribution in [1.82, 2.24) is 9.80 Å². The lowest BCUT2D eigenvalue weighted by Crippen LogP contribution is -2.44. The molecule has 5 heteroatoms. The third kappa shape index (κ3) is 3.32. The molecular formula is C13H26N4S. The van der Waals surface area contributed by atoms with E-state index in [2.05, 4.69) is 35.1 Å². The minimum atomic E-state index is 0.307. The molecular weight excluding hydrogens is 244 g/mol. The minimum absolute atomic E-state index is 0.307. The van der Waals surface area contributed by atoms with Crippen LogP contribution in [0.4, 0.5) is 0 Å². The number of nitrogens with two attached hydrogens (primary N) is 1. The molecule has 0 bridgehead atoms. The first kappa shape index (κ1) is 14.0. The second kappa shape index (κ2) is 5.70. The fraction of sp³-hybridized carbons (Fsp3) is 0.923. The van der Waals surface area contributed by atoms with E-state index >= 15 is 0 Å². The van der Waals surface area contributed by atoms with Crippen LogP contribution in [0.25, 0.3) is 0 Å². The molecule has 1 aliphatic heterocycles. The molecule has 2 aliphatic rings. The zero-order valence-electron chi connectivity index (χ0n) is 11.9. The zero-order chi connectivity index (χ0) is 13.2. The molecule has 1 aliphatic carbocycles. The predicted octanol–water partition coefficient (Wildman–Crippen LogP) is 1.22. The lowest BCUT2D eigenvalue weighted by Gasteiger charge is -2.38. The maximum atomic E-state index is 6.07. The zero-order valence-corrected chi connectivity index (χ0v) is 12.7.